The zero-order valence-corrected chi connectivity index (χ0v) is 18.8. The number of likely N-dealkylation sites (tertiary alicyclic amines) is 1. The summed E-state index contributed by atoms with van der Waals surface area (Å²) in [4.78, 5) is 27.7. The maximum Gasteiger partial charge on any atom is 0.296 e. The minimum atomic E-state index is -0.711. The number of hydrogen-bond acceptors (Lipinski definition) is 5. The third-order valence-electron chi connectivity index (χ3n) is 6.37. The first-order chi connectivity index (χ1) is 15.5. The fraction of sp³-hybridized carbons (Fsp3) is 0.462. The Hall–Kier alpha value is -3.02. The number of carbonyl (C=O) groups excluding carboxylic acids is 2. The molecule has 2 fully saturated rings. The summed E-state index contributed by atoms with van der Waals surface area (Å²) >= 11 is 0. The number of aliphatic hydroxyl groups excluding tert-OH is 1. The molecule has 1 aromatic heterocycles. The van der Waals surface area contributed by atoms with E-state index < -0.39 is 17.7 Å². The van der Waals surface area contributed by atoms with E-state index in [0.717, 1.165) is 44.9 Å². The number of benzene rings is 1. The van der Waals surface area contributed by atoms with Crippen LogP contribution in [0.15, 0.2) is 46.4 Å². The van der Waals surface area contributed by atoms with Crippen molar-refractivity contribution in [3.05, 3.63) is 59.1 Å². The lowest BCUT2D eigenvalue weighted by molar-refractivity contribution is -0.141. The molecule has 0 bridgehead atoms. The Bertz CT molecular complexity index is 997. The van der Waals surface area contributed by atoms with Crippen molar-refractivity contribution >= 4 is 17.4 Å². The molecule has 1 atom stereocenters. The molecule has 2 aromatic rings. The van der Waals surface area contributed by atoms with E-state index in [1.807, 2.05) is 13.0 Å². The highest BCUT2D eigenvalue weighted by atomic mass is 16.5. The summed E-state index contributed by atoms with van der Waals surface area (Å²) < 4.78 is 11.6. The molecule has 1 aliphatic heterocycles. The van der Waals surface area contributed by atoms with Gasteiger partial charge in [-0.15, -0.1) is 0 Å². The first-order valence-electron chi connectivity index (χ1n) is 11.6. The minimum absolute atomic E-state index is 0.0222. The van der Waals surface area contributed by atoms with Crippen LogP contribution in [0, 0.1) is 6.92 Å². The van der Waals surface area contributed by atoms with Gasteiger partial charge in [0.15, 0.2) is 0 Å². The SMILES string of the molecule is CCCCCOc1ccc(/C(O)=C2/C(=O)C(=O)N(C3CCCC3)C2c2ccc(C)o2)cc1. The lowest BCUT2D eigenvalue weighted by Crippen LogP contribution is -2.37. The van der Waals surface area contributed by atoms with Crippen LogP contribution in [0.1, 0.15) is 75.0 Å². The Morgan fingerprint density at radius 3 is 2.44 bits per heavy atom. The quantitative estimate of drug-likeness (QED) is 0.254. The summed E-state index contributed by atoms with van der Waals surface area (Å²) in [5.41, 5.74) is 0.566. The van der Waals surface area contributed by atoms with E-state index in [-0.39, 0.29) is 17.4 Å². The molecule has 2 heterocycles. The molecule has 2 aliphatic rings. The average Bonchev–Trinajstić information content (AvgIpc) is 3.52. The summed E-state index contributed by atoms with van der Waals surface area (Å²) in [6.07, 6.45) is 7.00. The van der Waals surface area contributed by atoms with Crippen molar-refractivity contribution in [2.75, 3.05) is 6.61 Å². The predicted octanol–water partition coefficient (Wildman–Crippen LogP) is 5.52. The summed E-state index contributed by atoms with van der Waals surface area (Å²) in [7, 11) is 0. The third-order valence-corrected chi connectivity index (χ3v) is 6.37. The van der Waals surface area contributed by atoms with Crippen molar-refractivity contribution in [2.45, 2.75) is 70.9 Å². The average molecular weight is 438 g/mol. The molecule has 1 aromatic carbocycles. The number of ether oxygens (including phenoxy) is 1. The molecule has 1 N–H and O–H groups in total. The largest absolute Gasteiger partial charge is 0.507 e. The number of furan rings is 1. The van der Waals surface area contributed by atoms with Gasteiger partial charge >= 0.3 is 0 Å². The standard InChI is InChI=1S/C26H31NO5/c1-3-4-7-16-31-20-13-11-18(12-14-20)24(28)22-23(21-15-10-17(2)32-21)27(26(30)25(22)29)19-8-5-6-9-19/h10-15,19,23,28H,3-9,16H2,1-2H3/b24-22-. The van der Waals surface area contributed by atoms with E-state index in [9.17, 15) is 14.7 Å². The topological polar surface area (TPSA) is 80.0 Å². The Morgan fingerprint density at radius 2 is 1.81 bits per heavy atom. The van der Waals surface area contributed by atoms with Gasteiger partial charge in [-0.2, -0.15) is 0 Å². The fourth-order valence-electron chi connectivity index (χ4n) is 4.70. The van der Waals surface area contributed by atoms with Gasteiger partial charge in [0.05, 0.1) is 12.2 Å². The van der Waals surface area contributed by atoms with E-state index in [1.165, 1.54) is 0 Å². The van der Waals surface area contributed by atoms with Gasteiger partial charge in [-0.1, -0.05) is 32.6 Å². The van der Waals surface area contributed by atoms with E-state index in [0.29, 0.717) is 29.4 Å². The maximum absolute atomic E-state index is 13.1. The number of nitrogens with zero attached hydrogens (tertiary/aromatic N) is 1. The number of carbonyl (C=O) groups is 2. The summed E-state index contributed by atoms with van der Waals surface area (Å²) in [6.45, 7) is 4.61. The van der Waals surface area contributed by atoms with Crippen molar-refractivity contribution in [1.29, 1.82) is 0 Å². The highest BCUT2D eigenvalue weighted by Gasteiger charge is 2.50. The highest BCUT2D eigenvalue weighted by molar-refractivity contribution is 6.46. The second-order valence-corrected chi connectivity index (χ2v) is 8.67. The molecule has 6 heteroatoms. The van der Waals surface area contributed by atoms with Crippen molar-refractivity contribution in [3.63, 3.8) is 0 Å². The zero-order chi connectivity index (χ0) is 22.7. The van der Waals surface area contributed by atoms with Gasteiger partial charge in [-0.3, -0.25) is 9.59 Å². The molecule has 170 valence electrons. The van der Waals surface area contributed by atoms with Crippen LogP contribution in [-0.4, -0.2) is 34.3 Å². The van der Waals surface area contributed by atoms with Crippen LogP contribution >= 0.6 is 0 Å². The Labute approximate surface area is 188 Å². The van der Waals surface area contributed by atoms with E-state index in [4.69, 9.17) is 9.15 Å². The molecule has 0 radical (unpaired) electrons. The monoisotopic (exact) mass is 437 g/mol. The zero-order valence-electron chi connectivity index (χ0n) is 18.8. The van der Waals surface area contributed by atoms with Crippen molar-refractivity contribution in [1.82, 2.24) is 4.90 Å². The van der Waals surface area contributed by atoms with Crippen LogP contribution in [0.3, 0.4) is 0 Å². The number of rotatable bonds is 8. The lowest BCUT2D eigenvalue weighted by Gasteiger charge is -2.29. The molecule has 1 amide bonds. The summed E-state index contributed by atoms with van der Waals surface area (Å²) in [5, 5.41) is 11.1. The van der Waals surface area contributed by atoms with Gasteiger partial charge in [0, 0.05) is 11.6 Å². The molecule has 6 nitrogen and oxygen atoms in total. The Balaban J connectivity index is 1.67. The Morgan fingerprint density at radius 1 is 1.09 bits per heavy atom. The minimum Gasteiger partial charge on any atom is -0.507 e. The van der Waals surface area contributed by atoms with Crippen LogP contribution in [0.4, 0.5) is 0 Å². The summed E-state index contributed by atoms with van der Waals surface area (Å²) in [5.74, 6) is 0.511. The highest BCUT2D eigenvalue weighted by Crippen LogP contribution is 2.43. The molecule has 1 aliphatic carbocycles. The van der Waals surface area contributed by atoms with Gasteiger partial charge in [-0.25, -0.2) is 0 Å². The van der Waals surface area contributed by atoms with Gasteiger partial charge in [-0.05, 0) is 62.6 Å². The van der Waals surface area contributed by atoms with Crippen molar-refractivity contribution in [3.8, 4) is 5.75 Å². The molecular formula is C26H31NO5. The second-order valence-electron chi connectivity index (χ2n) is 8.67. The molecular weight excluding hydrogens is 406 g/mol. The first kappa shape index (κ1) is 22.2. The molecule has 4 rings (SSSR count). The molecule has 32 heavy (non-hydrogen) atoms. The molecule has 1 saturated carbocycles. The summed E-state index contributed by atoms with van der Waals surface area (Å²) in [6, 6.07) is 9.86. The van der Waals surface area contributed by atoms with Crippen molar-refractivity contribution < 1.29 is 23.8 Å². The predicted molar refractivity (Wildman–Crippen MR) is 121 cm³/mol. The fourth-order valence-corrected chi connectivity index (χ4v) is 4.70. The number of unbranched alkanes of at least 4 members (excludes halogenated alkanes) is 2. The van der Waals surface area contributed by atoms with Crippen LogP contribution in [-0.2, 0) is 9.59 Å². The number of hydrogen-bond donors (Lipinski definition) is 1. The molecule has 1 saturated heterocycles. The molecule has 0 spiro atoms. The first-order valence-corrected chi connectivity index (χ1v) is 11.6. The third kappa shape index (κ3) is 4.31. The number of ketones is 1. The van der Waals surface area contributed by atoms with Crippen LogP contribution in [0.25, 0.3) is 5.76 Å². The smallest absolute Gasteiger partial charge is 0.296 e. The number of aryl methyl sites for hydroxylation is 1. The van der Waals surface area contributed by atoms with Crippen LogP contribution in [0.5, 0.6) is 5.75 Å². The van der Waals surface area contributed by atoms with Crippen molar-refractivity contribution in [2.24, 2.45) is 0 Å². The van der Waals surface area contributed by atoms with Gasteiger partial charge in [0.1, 0.15) is 29.1 Å². The molecule has 1 unspecified atom stereocenters. The van der Waals surface area contributed by atoms with Gasteiger partial charge < -0.3 is 19.2 Å². The van der Waals surface area contributed by atoms with E-state index in [1.54, 1.807) is 35.2 Å². The number of aliphatic hydroxyl groups is 1. The number of amides is 1. The lowest BCUT2D eigenvalue weighted by atomic mass is 9.98. The Kier molecular flexibility index (Phi) is 6.68. The normalized spacial score (nSPS) is 20.9. The maximum atomic E-state index is 13.1. The van der Waals surface area contributed by atoms with Gasteiger partial charge in [0.2, 0.25) is 0 Å². The second kappa shape index (κ2) is 9.63. The van der Waals surface area contributed by atoms with E-state index >= 15 is 0 Å². The van der Waals surface area contributed by atoms with Crippen LogP contribution in [0.2, 0.25) is 0 Å². The van der Waals surface area contributed by atoms with Gasteiger partial charge in [0.25, 0.3) is 11.7 Å². The van der Waals surface area contributed by atoms with Crippen LogP contribution < -0.4 is 4.74 Å². The number of Topliss-reactive ketones (excluding diaryl/α,β-unsaturated/α-hetero) is 1. The van der Waals surface area contributed by atoms with E-state index in [2.05, 4.69) is 6.92 Å².